The zero-order valence-electron chi connectivity index (χ0n) is 16.6. The van der Waals surface area contributed by atoms with Gasteiger partial charge in [-0.25, -0.2) is 0 Å². The molecular formula is C21H25N3O5. The maximum Gasteiger partial charge on any atom is 0.233 e. The van der Waals surface area contributed by atoms with Gasteiger partial charge in [0.25, 0.3) is 0 Å². The Morgan fingerprint density at radius 2 is 1.66 bits per heavy atom. The first-order valence-corrected chi connectivity index (χ1v) is 9.34. The molecule has 0 spiro atoms. The van der Waals surface area contributed by atoms with E-state index < -0.39 is 11.8 Å². The minimum absolute atomic E-state index is 0.313. The van der Waals surface area contributed by atoms with Gasteiger partial charge in [-0.3, -0.25) is 9.59 Å². The van der Waals surface area contributed by atoms with E-state index in [1.165, 1.54) is 7.11 Å². The van der Waals surface area contributed by atoms with Crippen LogP contribution < -0.4 is 25.0 Å². The number of nitrogens with one attached hydrogen (secondary N) is 2. The first kappa shape index (κ1) is 20.5. The third kappa shape index (κ3) is 5.39. The van der Waals surface area contributed by atoms with E-state index in [4.69, 9.17) is 14.2 Å². The molecule has 2 aromatic rings. The molecule has 8 heteroatoms. The molecule has 0 saturated carbocycles. The monoisotopic (exact) mass is 399 g/mol. The van der Waals surface area contributed by atoms with Gasteiger partial charge in [0.15, 0.2) is 0 Å². The molecule has 1 heterocycles. The number of rotatable bonds is 7. The summed E-state index contributed by atoms with van der Waals surface area (Å²) in [6.07, 6.45) is -0.313. The van der Waals surface area contributed by atoms with Crippen LogP contribution in [0.3, 0.4) is 0 Å². The summed E-state index contributed by atoms with van der Waals surface area (Å²) in [6.45, 7) is 2.80. The van der Waals surface area contributed by atoms with Crippen molar-refractivity contribution in [1.29, 1.82) is 0 Å². The van der Waals surface area contributed by atoms with Gasteiger partial charge < -0.3 is 29.7 Å². The van der Waals surface area contributed by atoms with Crippen molar-refractivity contribution in [2.75, 3.05) is 56.1 Å². The molecular weight excluding hydrogens is 374 g/mol. The van der Waals surface area contributed by atoms with Crippen LogP contribution in [-0.2, 0) is 14.3 Å². The highest BCUT2D eigenvalue weighted by atomic mass is 16.5. The lowest BCUT2D eigenvalue weighted by Crippen LogP contribution is -2.36. The highest BCUT2D eigenvalue weighted by Crippen LogP contribution is 2.29. The van der Waals surface area contributed by atoms with E-state index in [1.807, 2.05) is 24.3 Å². The SMILES string of the molecule is COc1ccc(NC(=O)CC(=O)Nc2ccccc2N2CCOCC2)c(OC)c1. The molecule has 1 aliphatic heterocycles. The summed E-state index contributed by atoms with van der Waals surface area (Å²) in [5, 5.41) is 5.54. The molecule has 0 unspecified atom stereocenters. The van der Waals surface area contributed by atoms with Crippen molar-refractivity contribution in [2.24, 2.45) is 0 Å². The molecule has 29 heavy (non-hydrogen) atoms. The molecule has 1 fully saturated rings. The predicted octanol–water partition coefficient (Wildman–Crippen LogP) is 2.51. The average molecular weight is 399 g/mol. The van der Waals surface area contributed by atoms with Crippen LogP contribution in [0.1, 0.15) is 6.42 Å². The number of methoxy groups -OCH3 is 2. The number of morpholine rings is 1. The molecule has 1 aliphatic rings. The number of para-hydroxylation sites is 2. The molecule has 154 valence electrons. The van der Waals surface area contributed by atoms with Crippen molar-refractivity contribution in [2.45, 2.75) is 6.42 Å². The van der Waals surface area contributed by atoms with Gasteiger partial charge >= 0.3 is 0 Å². The van der Waals surface area contributed by atoms with E-state index >= 15 is 0 Å². The number of carbonyl (C=O) groups is 2. The van der Waals surface area contributed by atoms with Gasteiger partial charge in [-0.15, -0.1) is 0 Å². The van der Waals surface area contributed by atoms with E-state index in [0.29, 0.717) is 36.1 Å². The fourth-order valence-electron chi connectivity index (χ4n) is 3.10. The molecule has 0 radical (unpaired) electrons. The fraction of sp³-hybridized carbons (Fsp3) is 0.333. The normalized spacial score (nSPS) is 13.5. The number of nitrogens with zero attached hydrogens (tertiary/aromatic N) is 1. The lowest BCUT2D eigenvalue weighted by Gasteiger charge is -2.30. The molecule has 3 rings (SSSR count). The summed E-state index contributed by atoms with van der Waals surface area (Å²) in [4.78, 5) is 26.9. The van der Waals surface area contributed by atoms with E-state index in [0.717, 1.165) is 18.8 Å². The number of ether oxygens (including phenoxy) is 3. The van der Waals surface area contributed by atoms with Gasteiger partial charge in [0.2, 0.25) is 11.8 Å². The number of amides is 2. The number of hydrogen-bond acceptors (Lipinski definition) is 6. The van der Waals surface area contributed by atoms with Crippen molar-refractivity contribution in [3.63, 3.8) is 0 Å². The Morgan fingerprint density at radius 3 is 2.34 bits per heavy atom. The van der Waals surface area contributed by atoms with Crippen LogP contribution in [0.25, 0.3) is 0 Å². The molecule has 8 nitrogen and oxygen atoms in total. The van der Waals surface area contributed by atoms with Crippen LogP contribution in [0.4, 0.5) is 17.1 Å². The average Bonchev–Trinajstić information content (AvgIpc) is 2.74. The summed E-state index contributed by atoms with van der Waals surface area (Å²) >= 11 is 0. The Hall–Kier alpha value is -3.26. The smallest absolute Gasteiger partial charge is 0.233 e. The third-order valence-electron chi connectivity index (χ3n) is 4.53. The number of benzene rings is 2. The first-order valence-electron chi connectivity index (χ1n) is 9.34. The number of hydrogen-bond donors (Lipinski definition) is 2. The summed E-state index contributed by atoms with van der Waals surface area (Å²) < 4.78 is 15.8. The molecule has 0 aromatic heterocycles. The second-order valence-electron chi connectivity index (χ2n) is 6.46. The minimum Gasteiger partial charge on any atom is -0.497 e. The minimum atomic E-state index is -0.435. The molecule has 0 bridgehead atoms. The summed E-state index contributed by atoms with van der Waals surface area (Å²) in [7, 11) is 3.05. The molecule has 2 aromatic carbocycles. The van der Waals surface area contributed by atoms with Gasteiger partial charge in [0.05, 0.1) is 44.5 Å². The van der Waals surface area contributed by atoms with Crippen molar-refractivity contribution in [3.8, 4) is 11.5 Å². The standard InChI is InChI=1S/C21H25N3O5/c1-27-15-7-8-17(19(13-15)28-2)23-21(26)14-20(25)22-16-5-3-4-6-18(16)24-9-11-29-12-10-24/h3-8,13H,9-12,14H2,1-2H3,(H,22,25)(H,23,26). The van der Waals surface area contributed by atoms with E-state index in [9.17, 15) is 9.59 Å². The quantitative estimate of drug-likeness (QED) is 0.696. The second-order valence-corrected chi connectivity index (χ2v) is 6.46. The Kier molecular flexibility index (Phi) is 6.91. The van der Waals surface area contributed by atoms with Gasteiger partial charge in [0, 0.05) is 19.2 Å². The topological polar surface area (TPSA) is 89.1 Å². The molecule has 0 atom stereocenters. The van der Waals surface area contributed by atoms with Crippen molar-refractivity contribution >= 4 is 28.9 Å². The van der Waals surface area contributed by atoms with Crippen molar-refractivity contribution in [1.82, 2.24) is 0 Å². The van der Waals surface area contributed by atoms with Gasteiger partial charge in [-0.05, 0) is 24.3 Å². The van der Waals surface area contributed by atoms with Crippen LogP contribution in [0.2, 0.25) is 0 Å². The largest absolute Gasteiger partial charge is 0.497 e. The lowest BCUT2D eigenvalue weighted by molar-refractivity contribution is -0.123. The Labute approximate surface area is 169 Å². The first-order chi connectivity index (χ1) is 14.1. The molecule has 2 N–H and O–H groups in total. The second kappa shape index (κ2) is 9.79. The van der Waals surface area contributed by atoms with Gasteiger partial charge in [-0.1, -0.05) is 12.1 Å². The predicted molar refractivity (Wildman–Crippen MR) is 111 cm³/mol. The van der Waals surface area contributed by atoms with Crippen LogP contribution >= 0.6 is 0 Å². The van der Waals surface area contributed by atoms with Crippen LogP contribution in [-0.4, -0.2) is 52.3 Å². The van der Waals surface area contributed by atoms with E-state index in [2.05, 4.69) is 15.5 Å². The fourth-order valence-corrected chi connectivity index (χ4v) is 3.10. The Balaban J connectivity index is 1.62. The molecule has 1 saturated heterocycles. The van der Waals surface area contributed by atoms with E-state index in [1.54, 1.807) is 25.3 Å². The summed E-state index contributed by atoms with van der Waals surface area (Å²) in [5.41, 5.74) is 2.07. The van der Waals surface area contributed by atoms with Gasteiger partial charge in [0.1, 0.15) is 17.9 Å². The maximum absolute atomic E-state index is 12.4. The lowest BCUT2D eigenvalue weighted by atomic mass is 10.2. The number of carbonyl (C=O) groups excluding carboxylic acids is 2. The Morgan fingerprint density at radius 1 is 0.966 bits per heavy atom. The molecule has 0 aliphatic carbocycles. The number of anilines is 3. The maximum atomic E-state index is 12.4. The van der Waals surface area contributed by atoms with Crippen LogP contribution in [0.15, 0.2) is 42.5 Å². The van der Waals surface area contributed by atoms with Crippen molar-refractivity contribution in [3.05, 3.63) is 42.5 Å². The summed E-state index contributed by atoms with van der Waals surface area (Å²) in [5.74, 6) is 0.235. The molecule has 2 amide bonds. The van der Waals surface area contributed by atoms with Gasteiger partial charge in [-0.2, -0.15) is 0 Å². The highest BCUT2D eigenvalue weighted by molar-refractivity contribution is 6.09. The zero-order valence-corrected chi connectivity index (χ0v) is 16.6. The van der Waals surface area contributed by atoms with E-state index in [-0.39, 0.29) is 6.42 Å². The Bertz CT molecular complexity index is 865. The zero-order chi connectivity index (χ0) is 20.6. The van der Waals surface area contributed by atoms with Crippen LogP contribution in [0, 0.1) is 0 Å². The van der Waals surface area contributed by atoms with Crippen molar-refractivity contribution < 1.29 is 23.8 Å². The third-order valence-corrected chi connectivity index (χ3v) is 4.53. The van der Waals surface area contributed by atoms with Crippen LogP contribution in [0.5, 0.6) is 11.5 Å². The highest BCUT2D eigenvalue weighted by Gasteiger charge is 2.17. The summed E-state index contributed by atoms with van der Waals surface area (Å²) in [6, 6.07) is 12.6.